The van der Waals surface area contributed by atoms with Gasteiger partial charge in [-0.05, 0) is 79.4 Å². The number of aliphatic hydroxyl groups is 1. The Kier molecular flexibility index (Phi) is 6.91. The molecule has 3 aromatic carbocycles. The van der Waals surface area contributed by atoms with Crippen molar-refractivity contribution in [2.24, 2.45) is 0 Å². The second-order valence-corrected chi connectivity index (χ2v) is 10.3. The number of benzene rings is 3. The number of ketones is 1. The van der Waals surface area contributed by atoms with Crippen LogP contribution < -0.4 is 14.4 Å². The van der Waals surface area contributed by atoms with Gasteiger partial charge in [-0.2, -0.15) is 0 Å². The molecule has 1 aliphatic heterocycles. The summed E-state index contributed by atoms with van der Waals surface area (Å²) in [6.45, 7) is 6.39. The third-order valence-corrected chi connectivity index (χ3v) is 7.52. The zero-order valence-electron chi connectivity index (χ0n) is 21.6. The lowest BCUT2D eigenvalue weighted by Gasteiger charge is -2.23. The Labute approximate surface area is 225 Å². The van der Waals surface area contributed by atoms with Crippen LogP contribution in [0.4, 0.5) is 5.13 Å². The minimum Gasteiger partial charge on any atom is -0.507 e. The van der Waals surface area contributed by atoms with Crippen LogP contribution in [-0.4, -0.2) is 35.5 Å². The maximum absolute atomic E-state index is 13.6. The Bertz CT molecular complexity index is 1590. The average molecular weight is 529 g/mol. The number of carbonyl (C=O) groups excluding carboxylic acids is 2. The van der Waals surface area contributed by atoms with Crippen molar-refractivity contribution in [2.45, 2.75) is 33.2 Å². The molecule has 1 aromatic heterocycles. The van der Waals surface area contributed by atoms with Gasteiger partial charge in [0, 0.05) is 5.56 Å². The first-order chi connectivity index (χ1) is 18.3. The number of aryl methyl sites for hydroxylation is 2. The largest absolute Gasteiger partial charge is 0.507 e. The number of hydrogen-bond donors (Lipinski definition) is 1. The van der Waals surface area contributed by atoms with Gasteiger partial charge in [0.25, 0.3) is 5.78 Å². The minimum atomic E-state index is -0.885. The van der Waals surface area contributed by atoms with Gasteiger partial charge in [0.2, 0.25) is 0 Å². The number of nitrogens with zero attached hydrogens (tertiary/aromatic N) is 2. The quantitative estimate of drug-likeness (QED) is 0.171. The van der Waals surface area contributed by atoms with Crippen LogP contribution in [0.15, 0.2) is 66.2 Å². The number of ether oxygens (including phenoxy) is 2. The summed E-state index contributed by atoms with van der Waals surface area (Å²) in [5.41, 5.74) is 3.66. The molecule has 0 aliphatic carbocycles. The fraction of sp³-hybridized carbons (Fsp3) is 0.233. The predicted octanol–water partition coefficient (Wildman–Crippen LogP) is 6.34. The highest BCUT2D eigenvalue weighted by molar-refractivity contribution is 7.22. The summed E-state index contributed by atoms with van der Waals surface area (Å²) in [5.74, 6) is -0.480. The van der Waals surface area contributed by atoms with E-state index in [1.54, 1.807) is 25.3 Å². The van der Waals surface area contributed by atoms with Gasteiger partial charge in [-0.3, -0.25) is 14.5 Å². The van der Waals surface area contributed by atoms with Gasteiger partial charge in [-0.25, -0.2) is 4.98 Å². The molecule has 0 radical (unpaired) electrons. The molecule has 0 saturated carbocycles. The highest BCUT2D eigenvalue weighted by atomic mass is 32.1. The van der Waals surface area contributed by atoms with E-state index >= 15 is 0 Å². The van der Waals surface area contributed by atoms with Crippen LogP contribution in [0.25, 0.3) is 16.0 Å². The number of Topliss-reactive ketones (excluding diaryl/α,β-unsaturated/α-hetero) is 1. The Morgan fingerprint density at radius 1 is 1.08 bits per heavy atom. The molecule has 5 rings (SSSR count). The van der Waals surface area contributed by atoms with Crippen molar-refractivity contribution < 1.29 is 24.2 Å². The standard InChI is InChI=1S/C30H28N2O5S/c1-5-13-37-21-8-6-7-19(16-21)26-25(27(33)20-10-12-23(36-4)18(3)15-20)28(34)29(35)32(26)30-31-22-11-9-17(2)14-24(22)38-30/h6-12,14-16,26,33H,5,13H2,1-4H3/t26-/m0/s1. The lowest BCUT2D eigenvalue weighted by molar-refractivity contribution is -0.132. The molecule has 1 saturated heterocycles. The SMILES string of the molecule is CCCOc1cccc([C@H]2C(=C(O)c3ccc(OC)c(C)c3)C(=O)C(=O)N2c2nc3ccc(C)cc3s2)c1. The zero-order chi connectivity index (χ0) is 27.0. The van der Waals surface area contributed by atoms with Crippen LogP contribution in [0, 0.1) is 13.8 Å². The van der Waals surface area contributed by atoms with Gasteiger partial charge < -0.3 is 14.6 Å². The van der Waals surface area contributed by atoms with Gasteiger partial charge in [0.05, 0.1) is 35.5 Å². The first-order valence-electron chi connectivity index (χ1n) is 12.4. The van der Waals surface area contributed by atoms with E-state index in [0.29, 0.717) is 34.4 Å². The molecule has 2 heterocycles. The van der Waals surface area contributed by atoms with E-state index in [4.69, 9.17) is 14.5 Å². The minimum absolute atomic E-state index is 0.00245. The normalized spacial score (nSPS) is 16.8. The molecular formula is C30H28N2O5S. The van der Waals surface area contributed by atoms with Gasteiger partial charge in [0.1, 0.15) is 17.3 Å². The Morgan fingerprint density at radius 3 is 2.63 bits per heavy atom. The molecule has 8 heteroatoms. The highest BCUT2D eigenvalue weighted by Gasteiger charge is 2.48. The summed E-state index contributed by atoms with van der Waals surface area (Å²) < 4.78 is 12.1. The number of rotatable bonds is 7. The lowest BCUT2D eigenvalue weighted by Crippen LogP contribution is -2.29. The first-order valence-corrected chi connectivity index (χ1v) is 13.2. The molecule has 194 valence electrons. The van der Waals surface area contributed by atoms with Crippen LogP contribution in [-0.2, 0) is 9.59 Å². The average Bonchev–Trinajstić information content (AvgIpc) is 3.44. The summed E-state index contributed by atoms with van der Waals surface area (Å²) in [5, 5.41) is 11.9. The van der Waals surface area contributed by atoms with Crippen LogP contribution in [0.3, 0.4) is 0 Å². The van der Waals surface area contributed by atoms with Crippen molar-refractivity contribution in [2.75, 3.05) is 18.6 Å². The molecule has 0 unspecified atom stereocenters. The van der Waals surface area contributed by atoms with E-state index in [0.717, 1.165) is 27.8 Å². The van der Waals surface area contributed by atoms with E-state index < -0.39 is 17.7 Å². The van der Waals surface area contributed by atoms with Crippen LogP contribution in [0.2, 0.25) is 0 Å². The number of amides is 1. The van der Waals surface area contributed by atoms with E-state index in [1.165, 1.54) is 16.2 Å². The molecule has 1 atom stereocenters. The van der Waals surface area contributed by atoms with Crippen LogP contribution in [0.1, 0.15) is 41.6 Å². The molecule has 7 nitrogen and oxygen atoms in total. The number of hydrogen-bond acceptors (Lipinski definition) is 7. The number of aliphatic hydroxyl groups excluding tert-OH is 1. The van der Waals surface area contributed by atoms with Crippen molar-refractivity contribution >= 4 is 44.1 Å². The van der Waals surface area contributed by atoms with Crippen molar-refractivity contribution in [3.63, 3.8) is 0 Å². The van der Waals surface area contributed by atoms with Gasteiger partial charge >= 0.3 is 5.91 Å². The predicted molar refractivity (Wildman–Crippen MR) is 149 cm³/mol. The molecular weight excluding hydrogens is 500 g/mol. The molecule has 0 bridgehead atoms. The Balaban J connectivity index is 1.71. The van der Waals surface area contributed by atoms with Crippen LogP contribution >= 0.6 is 11.3 Å². The Morgan fingerprint density at radius 2 is 1.89 bits per heavy atom. The number of thiazole rings is 1. The van der Waals surface area contributed by atoms with Crippen LogP contribution in [0.5, 0.6) is 11.5 Å². The Hall–Kier alpha value is -4.17. The maximum Gasteiger partial charge on any atom is 0.301 e. The van der Waals surface area contributed by atoms with Crippen molar-refractivity contribution in [1.29, 1.82) is 0 Å². The topological polar surface area (TPSA) is 89.0 Å². The van der Waals surface area contributed by atoms with E-state index in [-0.39, 0.29) is 11.3 Å². The maximum atomic E-state index is 13.6. The second kappa shape index (κ2) is 10.3. The van der Waals surface area contributed by atoms with E-state index in [9.17, 15) is 14.7 Å². The summed E-state index contributed by atoms with van der Waals surface area (Å²) in [6.07, 6.45) is 0.838. The fourth-order valence-electron chi connectivity index (χ4n) is 4.64. The zero-order valence-corrected chi connectivity index (χ0v) is 22.5. The van der Waals surface area contributed by atoms with Crippen molar-refractivity contribution in [3.8, 4) is 11.5 Å². The molecule has 38 heavy (non-hydrogen) atoms. The van der Waals surface area contributed by atoms with Gasteiger partial charge in [-0.15, -0.1) is 0 Å². The fourth-order valence-corrected chi connectivity index (χ4v) is 5.73. The molecule has 1 fully saturated rings. The number of anilines is 1. The van der Waals surface area contributed by atoms with Crippen molar-refractivity contribution in [3.05, 3.63) is 88.5 Å². The molecule has 0 spiro atoms. The smallest absolute Gasteiger partial charge is 0.301 e. The summed E-state index contributed by atoms with van der Waals surface area (Å²) >= 11 is 1.34. The highest BCUT2D eigenvalue weighted by Crippen LogP contribution is 2.45. The van der Waals surface area contributed by atoms with E-state index in [2.05, 4.69) is 0 Å². The number of fused-ring (bicyclic) bond motifs is 1. The number of aromatic nitrogens is 1. The molecule has 1 aliphatic rings. The second-order valence-electron chi connectivity index (χ2n) is 9.24. The van der Waals surface area contributed by atoms with Crippen molar-refractivity contribution in [1.82, 2.24) is 4.98 Å². The summed E-state index contributed by atoms with van der Waals surface area (Å²) in [7, 11) is 1.57. The van der Waals surface area contributed by atoms with Gasteiger partial charge in [-0.1, -0.05) is 36.5 Å². The number of methoxy groups -OCH3 is 1. The molecule has 1 N–H and O–H groups in total. The number of carbonyl (C=O) groups is 2. The summed E-state index contributed by atoms with van der Waals surface area (Å²) in [4.78, 5) is 33.2. The molecule has 4 aromatic rings. The monoisotopic (exact) mass is 528 g/mol. The third-order valence-electron chi connectivity index (χ3n) is 6.50. The van der Waals surface area contributed by atoms with Gasteiger partial charge in [0.15, 0.2) is 5.13 Å². The summed E-state index contributed by atoms with van der Waals surface area (Å²) in [6, 6.07) is 17.4. The van der Waals surface area contributed by atoms with E-state index in [1.807, 2.05) is 63.2 Å². The first kappa shape index (κ1) is 25.5. The molecule has 1 amide bonds. The third kappa shape index (κ3) is 4.52. The lowest BCUT2D eigenvalue weighted by atomic mass is 9.94.